The average molecular weight is 391 g/mol. The Morgan fingerprint density at radius 1 is 1.00 bits per heavy atom. The molecule has 0 amide bonds. The third-order valence-electron chi connectivity index (χ3n) is 9.40. The summed E-state index contributed by atoms with van der Waals surface area (Å²) in [6.45, 7) is 1.14. The number of quaternary nitrogens is 1. The van der Waals surface area contributed by atoms with Crippen LogP contribution in [0, 0.1) is 29.6 Å². The quantitative estimate of drug-likeness (QED) is 0.184. The number of hydrogen-bond donors (Lipinski definition) is 0. The van der Waals surface area contributed by atoms with E-state index < -0.39 is 0 Å². The molecule has 1 heterocycles. The average Bonchev–Trinajstić information content (AvgIpc) is 3.40. The summed E-state index contributed by atoms with van der Waals surface area (Å²) in [6.07, 6.45) is 15.7. The van der Waals surface area contributed by atoms with Gasteiger partial charge in [-0.05, 0) is 106 Å². The zero-order valence-corrected chi connectivity index (χ0v) is 18.1. The maximum absolute atomic E-state index is 7.98. The normalized spacial score (nSPS) is 54.1. The van der Waals surface area contributed by atoms with Crippen molar-refractivity contribution in [3.8, 4) is 0 Å². The van der Waals surface area contributed by atoms with Gasteiger partial charge >= 0.3 is 0 Å². The van der Waals surface area contributed by atoms with Gasteiger partial charge in [0, 0.05) is 5.57 Å². The van der Waals surface area contributed by atoms with E-state index >= 15 is 0 Å². The molecule has 5 fully saturated rings. The second-order valence-corrected chi connectivity index (χ2v) is 14.7. The van der Waals surface area contributed by atoms with Crippen molar-refractivity contribution in [3.63, 3.8) is 0 Å². The molecular formula is C23H34ClNP+. The molecule has 0 spiro atoms. The highest BCUT2D eigenvalue weighted by Crippen LogP contribution is 2.78. The van der Waals surface area contributed by atoms with E-state index in [4.69, 9.17) is 11.6 Å². The van der Waals surface area contributed by atoms with E-state index in [1.807, 2.05) is 0 Å². The second-order valence-electron chi connectivity index (χ2n) is 11.0. The van der Waals surface area contributed by atoms with E-state index in [1.165, 1.54) is 57.8 Å². The Hall–Kier alpha value is 0.200. The Bertz CT molecular complexity index is 666. The highest BCUT2D eigenvalue weighted by atomic mass is 35.5. The molecule has 5 aliphatic carbocycles. The van der Waals surface area contributed by atoms with Gasteiger partial charge in [0.2, 0.25) is 0 Å². The van der Waals surface area contributed by atoms with E-state index in [2.05, 4.69) is 25.9 Å². The molecule has 3 heteroatoms. The van der Waals surface area contributed by atoms with Gasteiger partial charge in [-0.1, -0.05) is 12.8 Å². The molecule has 6 rings (SSSR count). The summed E-state index contributed by atoms with van der Waals surface area (Å²) in [7, 11) is 4.77. The highest BCUT2D eigenvalue weighted by molar-refractivity contribution is 7.62. The number of rotatable bonds is 3. The SMILES string of the molecule is C[N+]1(C)CC2=C=CCC2C1(Cl)P(C1CC2CCC1C2)C1CC2CCC1C2. The van der Waals surface area contributed by atoms with Crippen LogP contribution in [-0.4, -0.2) is 41.2 Å². The van der Waals surface area contributed by atoms with Crippen molar-refractivity contribution in [2.24, 2.45) is 29.6 Å². The molecule has 142 valence electrons. The minimum atomic E-state index is -0.138. The van der Waals surface area contributed by atoms with E-state index in [9.17, 15) is 0 Å². The van der Waals surface area contributed by atoms with Gasteiger partial charge in [-0.3, -0.25) is 0 Å². The standard InChI is InChI=1S/C23H34ClNP/c1-25(2)14-19-4-3-5-20(19)23(25,24)26(21-12-15-6-8-17(21)10-15)22-13-16-7-9-18(22)11-16/h3,15-18,20-22H,5-14H2,1-2H3/q+1. The zero-order valence-electron chi connectivity index (χ0n) is 16.5. The van der Waals surface area contributed by atoms with Crippen LogP contribution in [-0.2, 0) is 0 Å². The van der Waals surface area contributed by atoms with E-state index in [-0.39, 0.29) is 12.7 Å². The van der Waals surface area contributed by atoms with Gasteiger partial charge in [0.25, 0.3) is 0 Å². The lowest BCUT2D eigenvalue weighted by atomic mass is 9.99. The van der Waals surface area contributed by atoms with Crippen LogP contribution in [0.2, 0.25) is 0 Å². The number of nitrogens with zero attached hydrogens (tertiary/aromatic N) is 1. The van der Waals surface area contributed by atoms with Crippen LogP contribution in [0.1, 0.15) is 57.8 Å². The van der Waals surface area contributed by atoms with Gasteiger partial charge < -0.3 is 4.48 Å². The van der Waals surface area contributed by atoms with Crippen molar-refractivity contribution < 1.29 is 4.48 Å². The summed E-state index contributed by atoms with van der Waals surface area (Å²) in [5.74, 6) is 4.71. The van der Waals surface area contributed by atoms with Gasteiger partial charge in [0.05, 0.1) is 20.0 Å². The summed E-state index contributed by atoms with van der Waals surface area (Å²) >= 11 is 7.98. The fourth-order valence-corrected chi connectivity index (χ4v) is 14.6. The van der Waals surface area contributed by atoms with Crippen molar-refractivity contribution in [3.05, 3.63) is 17.4 Å². The van der Waals surface area contributed by atoms with Crippen LogP contribution >= 0.6 is 19.5 Å². The monoisotopic (exact) mass is 390 g/mol. The maximum atomic E-state index is 7.98. The van der Waals surface area contributed by atoms with Gasteiger partial charge in [-0.25, -0.2) is 0 Å². The first-order chi connectivity index (χ1) is 12.5. The molecule has 1 saturated heterocycles. The molecule has 8 unspecified atom stereocenters. The predicted molar refractivity (Wildman–Crippen MR) is 111 cm³/mol. The Labute approximate surface area is 165 Å². The topological polar surface area (TPSA) is 0 Å². The smallest absolute Gasteiger partial charge is 0.199 e. The number of fused-ring (bicyclic) bond motifs is 5. The molecule has 8 atom stereocenters. The summed E-state index contributed by atoms with van der Waals surface area (Å²) in [6, 6.07) is 0. The van der Waals surface area contributed by atoms with Crippen LogP contribution in [0.4, 0.5) is 0 Å². The Balaban J connectivity index is 1.44. The van der Waals surface area contributed by atoms with Crippen molar-refractivity contribution >= 4 is 19.5 Å². The Morgan fingerprint density at radius 3 is 2.12 bits per heavy atom. The fraction of sp³-hybridized carbons (Fsp3) is 0.870. The first-order valence-corrected chi connectivity index (χ1v) is 13.1. The van der Waals surface area contributed by atoms with Crippen LogP contribution < -0.4 is 0 Å². The van der Waals surface area contributed by atoms with E-state index in [0.717, 1.165) is 46.0 Å². The summed E-state index contributed by atoms with van der Waals surface area (Å²) < 4.78 is 1.01. The van der Waals surface area contributed by atoms with Crippen LogP contribution in [0.3, 0.4) is 0 Å². The molecule has 0 radical (unpaired) electrons. The van der Waals surface area contributed by atoms with Crippen molar-refractivity contribution in [1.82, 2.24) is 0 Å². The minimum Gasteiger partial charge on any atom is -0.303 e. The highest BCUT2D eigenvalue weighted by Gasteiger charge is 2.68. The molecule has 0 aromatic carbocycles. The molecule has 6 aliphatic rings. The molecule has 1 aliphatic heterocycles. The first-order valence-electron chi connectivity index (χ1n) is 11.2. The van der Waals surface area contributed by atoms with Gasteiger partial charge in [-0.15, -0.1) is 5.73 Å². The van der Waals surface area contributed by atoms with Crippen molar-refractivity contribution in [2.75, 3.05) is 20.6 Å². The van der Waals surface area contributed by atoms with Crippen molar-refractivity contribution in [2.45, 2.75) is 73.8 Å². The molecule has 4 bridgehead atoms. The van der Waals surface area contributed by atoms with E-state index in [1.54, 1.807) is 5.57 Å². The Morgan fingerprint density at radius 2 is 1.62 bits per heavy atom. The minimum absolute atomic E-state index is 0.0189. The van der Waals surface area contributed by atoms with Crippen LogP contribution in [0.25, 0.3) is 0 Å². The number of likely N-dealkylation sites (tertiary alicyclic amines) is 1. The number of hydrogen-bond acceptors (Lipinski definition) is 0. The Kier molecular flexibility index (Phi) is 3.70. The van der Waals surface area contributed by atoms with Gasteiger partial charge in [0.1, 0.15) is 6.54 Å². The van der Waals surface area contributed by atoms with Gasteiger partial charge in [0.15, 0.2) is 4.74 Å². The lowest BCUT2D eigenvalue weighted by molar-refractivity contribution is -0.899. The summed E-state index contributed by atoms with van der Waals surface area (Å²) in [4.78, 5) is 0. The fourth-order valence-electron chi connectivity index (χ4n) is 8.34. The number of likely N-dealkylation sites (N-methyl/N-ethyl adjacent to an activating group) is 1. The van der Waals surface area contributed by atoms with Crippen LogP contribution in [0.15, 0.2) is 17.4 Å². The number of alkyl halides is 1. The molecular weight excluding hydrogens is 357 g/mol. The lowest BCUT2D eigenvalue weighted by Gasteiger charge is -2.52. The van der Waals surface area contributed by atoms with Crippen LogP contribution in [0.5, 0.6) is 0 Å². The third kappa shape index (κ3) is 2.13. The lowest BCUT2D eigenvalue weighted by Crippen LogP contribution is -2.56. The molecule has 4 saturated carbocycles. The van der Waals surface area contributed by atoms with Gasteiger partial charge in [-0.2, -0.15) is 0 Å². The third-order valence-corrected chi connectivity index (χ3v) is 15.0. The molecule has 0 aromatic rings. The van der Waals surface area contributed by atoms with E-state index in [0.29, 0.717) is 5.92 Å². The molecule has 26 heavy (non-hydrogen) atoms. The van der Waals surface area contributed by atoms with Crippen molar-refractivity contribution in [1.29, 1.82) is 0 Å². The first kappa shape index (κ1) is 17.1. The maximum Gasteiger partial charge on any atom is 0.199 e. The molecule has 1 nitrogen and oxygen atoms in total. The second kappa shape index (κ2) is 5.63. The zero-order chi connectivity index (χ0) is 17.7. The molecule has 0 N–H and O–H groups in total. The predicted octanol–water partition coefficient (Wildman–Crippen LogP) is 5.93. The number of halogens is 1. The largest absolute Gasteiger partial charge is 0.303 e. The summed E-state index contributed by atoms with van der Waals surface area (Å²) in [5.41, 5.74) is 7.14. The molecule has 0 aromatic heterocycles. The summed E-state index contributed by atoms with van der Waals surface area (Å²) in [5, 5.41) is 0.